The van der Waals surface area contributed by atoms with E-state index in [1.165, 1.54) is 15.9 Å². The van der Waals surface area contributed by atoms with E-state index in [9.17, 15) is 37.1 Å². The number of hydrogen-bond acceptors (Lipinski definition) is 9. The van der Waals surface area contributed by atoms with Gasteiger partial charge >= 0.3 is 41.7 Å². The minimum Gasteiger partial charge on any atom is -0.859 e. The molecule has 2 aliphatic carbocycles. The van der Waals surface area contributed by atoms with Crippen LogP contribution in [0.4, 0.5) is 14.0 Å². The van der Waals surface area contributed by atoms with Crippen molar-refractivity contribution in [1.29, 1.82) is 0 Å². The van der Waals surface area contributed by atoms with Gasteiger partial charge in [0.05, 0.1) is 23.9 Å². The molecule has 0 aromatic heterocycles. The van der Waals surface area contributed by atoms with Gasteiger partial charge in [0.1, 0.15) is 29.6 Å². The van der Waals surface area contributed by atoms with E-state index in [-0.39, 0.29) is 68.5 Å². The van der Waals surface area contributed by atoms with Crippen LogP contribution in [-0.4, -0.2) is 89.2 Å². The number of hydrogen-bond donors (Lipinski definition) is 2. The average molecular weight is 754 g/mol. The van der Waals surface area contributed by atoms with Crippen LogP contribution in [0.1, 0.15) is 89.7 Å². The molecule has 5 aliphatic rings. The molecule has 0 spiro atoms. The van der Waals surface area contributed by atoms with Crippen LogP contribution >= 0.6 is 0 Å². The van der Waals surface area contributed by atoms with Crippen molar-refractivity contribution < 1.29 is 76.1 Å². The second-order valence-corrected chi connectivity index (χ2v) is 17.0. The summed E-state index contributed by atoms with van der Waals surface area (Å²) in [4.78, 5) is 57.2. The average Bonchev–Trinajstić information content (AvgIpc) is 3.93. The Morgan fingerprint density at radius 3 is 2.56 bits per heavy atom. The van der Waals surface area contributed by atoms with Crippen molar-refractivity contribution in [2.75, 3.05) is 6.54 Å². The SMILES string of the molecule is CC(C)(C)OC(=O)N[C@H]1CCCCC/C=C\[C@@H]2C[C@@]2(/C([O-])=N\S(=O)(=O)C2CC2)NC(=O)[C@@H]2C[C@@H](OC(=O)N3Cc4cccc(F)c4C3)CN2C1=O.[Na+]. The third-order valence-electron chi connectivity index (χ3n) is 9.92. The summed E-state index contributed by atoms with van der Waals surface area (Å²) in [6.07, 6.45) is 4.91. The third kappa shape index (κ3) is 9.11. The van der Waals surface area contributed by atoms with Crippen LogP contribution in [0, 0.1) is 11.7 Å². The van der Waals surface area contributed by atoms with Crippen LogP contribution in [0.25, 0.3) is 0 Å². The first-order valence-electron chi connectivity index (χ1n) is 17.6. The number of nitrogens with one attached hydrogen (secondary N) is 2. The zero-order chi connectivity index (χ0) is 36.7. The minimum absolute atomic E-state index is 0. The fourth-order valence-corrected chi connectivity index (χ4v) is 8.24. The molecule has 4 amide bonds. The molecule has 3 fully saturated rings. The second-order valence-electron chi connectivity index (χ2n) is 15.1. The maximum Gasteiger partial charge on any atom is 1.00 e. The van der Waals surface area contributed by atoms with Gasteiger partial charge in [-0.3, -0.25) is 14.5 Å². The first kappa shape index (κ1) is 40.0. The molecule has 278 valence electrons. The van der Waals surface area contributed by atoms with Crippen LogP contribution in [-0.2, 0) is 42.2 Å². The van der Waals surface area contributed by atoms with Crippen LogP contribution in [0.3, 0.4) is 0 Å². The Morgan fingerprint density at radius 1 is 1.12 bits per heavy atom. The number of nitrogens with zero attached hydrogens (tertiary/aromatic N) is 3. The molecule has 1 saturated heterocycles. The van der Waals surface area contributed by atoms with E-state index in [0.29, 0.717) is 43.2 Å². The largest absolute Gasteiger partial charge is 1.00 e. The zero-order valence-electron chi connectivity index (χ0n) is 30.1. The fourth-order valence-electron chi connectivity index (χ4n) is 6.96. The Kier molecular flexibility index (Phi) is 12.0. The number of carbonyl (C=O) groups is 4. The van der Waals surface area contributed by atoms with Gasteiger partial charge in [-0.05, 0) is 70.9 Å². The standard InChI is InChI=1S/C35H46FN5O9S.Na/c1-34(2,3)50-32(45)37-27-13-8-6-4-5-7-11-22-17-35(22,31(44)39-51(47,48)24-14-15-24)38-29(42)28-16-23(19-41(28)30(27)43)49-33(46)40-18-21-10-9-12-26(36)25(21)20-40;/h7,9-12,22-24,27-28H,4-6,8,13-20H2,1-3H3,(H,37,45)(H,38,42)(H,39,44);/q;+1/p-1/b11-7-;/t22-,23-,27+,28+,35-;/m1./s1. The van der Waals surface area contributed by atoms with Gasteiger partial charge in [-0.15, -0.1) is 0 Å². The van der Waals surface area contributed by atoms with Crippen LogP contribution < -0.4 is 45.3 Å². The summed E-state index contributed by atoms with van der Waals surface area (Å²) >= 11 is 0. The number of alkyl carbamates (subject to hydrolysis) is 1. The molecule has 14 nitrogen and oxygen atoms in total. The van der Waals surface area contributed by atoms with Crippen molar-refractivity contribution in [3.63, 3.8) is 0 Å². The molecular weight excluding hydrogens is 708 g/mol. The summed E-state index contributed by atoms with van der Waals surface area (Å²) in [5, 5.41) is 18.2. The van der Waals surface area contributed by atoms with Crippen molar-refractivity contribution in [2.24, 2.45) is 10.3 Å². The maximum atomic E-state index is 14.4. The number of rotatable bonds is 5. The van der Waals surface area contributed by atoms with Crippen molar-refractivity contribution >= 4 is 39.9 Å². The number of ether oxygens (including phenoxy) is 2. The van der Waals surface area contributed by atoms with Gasteiger partial charge in [-0.2, -0.15) is 4.40 Å². The topological polar surface area (TPSA) is 187 Å². The van der Waals surface area contributed by atoms with Crippen molar-refractivity contribution in [3.05, 3.63) is 47.3 Å². The Bertz CT molecular complexity index is 1750. The van der Waals surface area contributed by atoms with E-state index in [1.807, 2.05) is 6.08 Å². The van der Waals surface area contributed by atoms with E-state index < -0.39 is 86.2 Å². The van der Waals surface area contributed by atoms with Crippen LogP contribution in [0.15, 0.2) is 34.7 Å². The summed E-state index contributed by atoms with van der Waals surface area (Å²) < 4.78 is 54.6. The van der Waals surface area contributed by atoms with Gasteiger partial charge in [0.25, 0.3) is 10.0 Å². The molecule has 2 N–H and O–H groups in total. The maximum absolute atomic E-state index is 14.4. The summed E-state index contributed by atoms with van der Waals surface area (Å²) in [6.45, 7) is 4.99. The van der Waals surface area contributed by atoms with Gasteiger partial charge in [0, 0.05) is 30.3 Å². The summed E-state index contributed by atoms with van der Waals surface area (Å²) in [5.41, 5.74) is -1.42. The first-order valence-corrected chi connectivity index (χ1v) is 19.1. The molecular formula is C35H45FN5NaO9S. The van der Waals surface area contributed by atoms with E-state index in [0.717, 1.165) is 6.42 Å². The van der Waals surface area contributed by atoms with Gasteiger partial charge in [0.2, 0.25) is 11.8 Å². The smallest absolute Gasteiger partial charge is 0.859 e. The first-order chi connectivity index (χ1) is 24.1. The summed E-state index contributed by atoms with van der Waals surface area (Å²) in [5.74, 6) is -3.25. The molecule has 52 heavy (non-hydrogen) atoms. The number of carbonyl (C=O) groups excluding carboxylic acids is 4. The molecule has 17 heteroatoms. The molecule has 0 radical (unpaired) electrons. The number of amides is 4. The van der Waals surface area contributed by atoms with Crippen LogP contribution in [0.2, 0.25) is 0 Å². The van der Waals surface area contributed by atoms with Crippen molar-refractivity contribution in [3.8, 4) is 0 Å². The molecule has 2 saturated carbocycles. The molecule has 3 aliphatic heterocycles. The van der Waals surface area contributed by atoms with E-state index >= 15 is 0 Å². The number of fused-ring (bicyclic) bond motifs is 3. The van der Waals surface area contributed by atoms with Gasteiger partial charge in [-0.1, -0.05) is 37.1 Å². The number of benzene rings is 1. The van der Waals surface area contributed by atoms with E-state index in [1.54, 1.807) is 39.0 Å². The molecule has 6 rings (SSSR count). The Labute approximate surface area is 325 Å². The summed E-state index contributed by atoms with van der Waals surface area (Å²) in [6, 6.07) is 2.27. The summed E-state index contributed by atoms with van der Waals surface area (Å²) in [7, 11) is -4.04. The third-order valence-corrected chi connectivity index (χ3v) is 11.7. The fraction of sp³-hybridized carbons (Fsp3) is 0.629. The minimum atomic E-state index is -4.04. The molecule has 0 unspecified atom stereocenters. The Balaban J connectivity index is 0.00000523. The number of sulfonamides is 1. The van der Waals surface area contributed by atoms with Gasteiger partial charge in [-0.25, -0.2) is 22.4 Å². The molecule has 1 aromatic rings. The second kappa shape index (κ2) is 15.6. The van der Waals surface area contributed by atoms with Crippen LogP contribution in [0.5, 0.6) is 0 Å². The van der Waals surface area contributed by atoms with Gasteiger partial charge in [0.15, 0.2) is 0 Å². The van der Waals surface area contributed by atoms with Crippen molar-refractivity contribution in [2.45, 2.75) is 126 Å². The molecule has 1 aromatic carbocycles. The Morgan fingerprint density at radius 2 is 1.87 bits per heavy atom. The predicted molar refractivity (Wildman–Crippen MR) is 180 cm³/mol. The van der Waals surface area contributed by atoms with Gasteiger partial charge < -0.3 is 30.1 Å². The Hall–Kier alpha value is -3.21. The van der Waals surface area contributed by atoms with Crippen molar-refractivity contribution in [1.82, 2.24) is 20.4 Å². The quantitative estimate of drug-likeness (QED) is 0.178. The normalized spacial score (nSPS) is 28.9. The predicted octanol–water partition coefficient (Wildman–Crippen LogP) is -0.209. The molecule has 0 bridgehead atoms. The number of allylic oxidation sites excluding steroid dienone is 1. The zero-order valence-corrected chi connectivity index (χ0v) is 32.9. The molecule has 5 atom stereocenters. The monoisotopic (exact) mass is 753 g/mol. The molecule has 3 heterocycles. The van der Waals surface area contributed by atoms with E-state index in [2.05, 4.69) is 15.0 Å². The van der Waals surface area contributed by atoms with E-state index in [4.69, 9.17) is 9.47 Å². The number of halogens is 1.